The van der Waals surface area contributed by atoms with Gasteiger partial charge in [-0.25, -0.2) is 0 Å². The molecule has 1 saturated heterocycles. The van der Waals surface area contributed by atoms with Gasteiger partial charge in [-0.1, -0.05) is 0 Å². The lowest BCUT2D eigenvalue weighted by Crippen LogP contribution is -2.20. The van der Waals surface area contributed by atoms with Crippen LogP contribution in [0.4, 0.5) is 0 Å². The van der Waals surface area contributed by atoms with Crippen molar-refractivity contribution in [1.82, 2.24) is 5.32 Å². The molecule has 90 valence electrons. The van der Waals surface area contributed by atoms with Crippen LogP contribution in [0.2, 0.25) is 0 Å². The van der Waals surface area contributed by atoms with Crippen molar-refractivity contribution in [2.45, 2.75) is 6.10 Å². The van der Waals surface area contributed by atoms with E-state index in [1.165, 1.54) is 7.11 Å². The molecule has 1 atom stereocenters. The molecule has 6 heteroatoms. The van der Waals surface area contributed by atoms with E-state index in [4.69, 9.17) is 26.4 Å². The van der Waals surface area contributed by atoms with Crippen LogP contribution < -0.4 is 14.8 Å². The van der Waals surface area contributed by atoms with E-state index in [9.17, 15) is 4.79 Å². The van der Waals surface area contributed by atoms with E-state index in [-0.39, 0.29) is 11.1 Å². The Balaban J connectivity index is 2.38. The molecule has 17 heavy (non-hydrogen) atoms. The molecule has 0 bridgehead atoms. The van der Waals surface area contributed by atoms with Gasteiger partial charge in [-0.05, 0) is 24.4 Å². The number of carbonyl (C=O) groups excluding carboxylic acids is 1. The number of carbonyl (C=O) groups is 1. The lowest BCUT2D eigenvalue weighted by molar-refractivity contribution is -0.123. The minimum Gasteiger partial charge on any atom is -0.497 e. The molecule has 1 heterocycles. The molecule has 1 amide bonds. The fourth-order valence-electron chi connectivity index (χ4n) is 1.60. The van der Waals surface area contributed by atoms with Crippen molar-refractivity contribution < 1.29 is 19.0 Å². The van der Waals surface area contributed by atoms with Crippen molar-refractivity contribution in [3.8, 4) is 11.5 Å². The molecular weight excluding hydrogens is 242 g/mol. The van der Waals surface area contributed by atoms with Crippen molar-refractivity contribution >= 4 is 23.3 Å². The Labute approximate surface area is 104 Å². The maximum atomic E-state index is 11.6. The fourth-order valence-corrected chi connectivity index (χ4v) is 1.79. The summed E-state index contributed by atoms with van der Waals surface area (Å²) in [6, 6.07) is 5.14. The Morgan fingerprint density at radius 1 is 1.35 bits per heavy atom. The Morgan fingerprint density at radius 3 is 2.65 bits per heavy atom. The van der Waals surface area contributed by atoms with E-state index in [0.717, 1.165) is 0 Å². The van der Waals surface area contributed by atoms with E-state index < -0.39 is 6.10 Å². The van der Waals surface area contributed by atoms with E-state index >= 15 is 0 Å². The summed E-state index contributed by atoms with van der Waals surface area (Å²) in [4.78, 5) is 11.6. The Bertz CT molecular complexity index is 475. The normalized spacial score (nSPS) is 18.6. The first-order valence-corrected chi connectivity index (χ1v) is 5.30. The highest BCUT2D eigenvalue weighted by atomic mass is 32.1. The van der Waals surface area contributed by atoms with Crippen LogP contribution in [-0.4, -0.2) is 25.3 Å². The van der Waals surface area contributed by atoms with Crippen molar-refractivity contribution in [1.29, 1.82) is 0 Å². The van der Waals surface area contributed by atoms with E-state index in [1.54, 1.807) is 25.3 Å². The lowest BCUT2D eigenvalue weighted by Gasteiger charge is -2.13. The van der Waals surface area contributed by atoms with Gasteiger partial charge >= 0.3 is 0 Å². The predicted octanol–water partition coefficient (Wildman–Crippen LogP) is 1.18. The average molecular weight is 253 g/mol. The summed E-state index contributed by atoms with van der Waals surface area (Å²) in [6.07, 6.45) is -0.761. The maximum absolute atomic E-state index is 11.6. The monoisotopic (exact) mass is 253 g/mol. The van der Waals surface area contributed by atoms with Crippen LogP contribution in [0.1, 0.15) is 11.7 Å². The van der Waals surface area contributed by atoms with Crippen molar-refractivity contribution in [3.63, 3.8) is 0 Å². The molecule has 0 aliphatic carbocycles. The highest BCUT2D eigenvalue weighted by molar-refractivity contribution is 7.80. The van der Waals surface area contributed by atoms with Gasteiger partial charge in [0.25, 0.3) is 11.1 Å². The molecule has 1 aromatic carbocycles. The molecular formula is C11H11NO4S. The Kier molecular flexibility index (Phi) is 3.14. The third-order valence-electron chi connectivity index (χ3n) is 2.41. The predicted molar refractivity (Wildman–Crippen MR) is 64.1 cm³/mol. The number of hydrogen-bond donors (Lipinski definition) is 1. The van der Waals surface area contributed by atoms with E-state index in [1.807, 2.05) is 0 Å². The minimum absolute atomic E-state index is 0.0814. The second-order valence-corrected chi connectivity index (χ2v) is 3.75. The van der Waals surface area contributed by atoms with Gasteiger partial charge < -0.3 is 14.2 Å². The molecule has 0 spiro atoms. The number of benzene rings is 1. The van der Waals surface area contributed by atoms with Gasteiger partial charge in [0.1, 0.15) is 11.5 Å². The topological polar surface area (TPSA) is 56.8 Å². The zero-order chi connectivity index (χ0) is 12.4. The van der Waals surface area contributed by atoms with Crippen molar-refractivity contribution in [2.75, 3.05) is 14.2 Å². The summed E-state index contributed by atoms with van der Waals surface area (Å²) in [5, 5.41) is 2.51. The van der Waals surface area contributed by atoms with Crippen molar-refractivity contribution in [3.05, 3.63) is 23.8 Å². The molecule has 1 fully saturated rings. The first-order chi connectivity index (χ1) is 8.15. The summed E-state index contributed by atoms with van der Waals surface area (Å²) in [6.45, 7) is 0. The number of ether oxygens (including phenoxy) is 3. The average Bonchev–Trinajstić information content (AvgIpc) is 2.67. The zero-order valence-corrected chi connectivity index (χ0v) is 10.2. The van der Waals surface area contributed by atoms with Crippen LogP contribution in [-0.2, 0) is 9.53 Å². The molecule has 1 aromatic rings. The van der Waals surface area contributed by atoms with Gasteiger partial charge in [0.15, 0.2) is 0 Å². The summed E-state index contributed by atoms with van der Waals surface area (Å²) in [5.74, 6) is 0.874. The SMILES string of the molecule is COc1ccc(C2OC(=S)NC2=O)c(OC)c1. The number of amides is 1. The van der Waals surface area contributed by atoms with Crippen LogP contribution in [0.5, 0.6) is 11.5 Å². The van der Waals surface area contributed by atoms with Crippen LogP contribution in [0.25, 0.3) is 0 Å². The number of thiocarbonyl (C=S) groups is 1. The molecule has 1 N–H and O–H groups in total. The Hall–Kier alpha value is -1.82. The van der Waals surface area contributed by atoms with Crippen LogP contribution in [0.15, 0.2) is 18.2 Å². The Morgan fingerprint density at radius 2 is 2.12 bits per heavy atom. The van der Waals surface area contributed by atoms with Gasteiger partial charge in [0.2, 0.25) is 6.10 Å². The smallest absolute Gasteiger partial charge is 0.273 e. The van der Waals surface area contributed by atoms with Gasteiger partial charge in [0, 0.05) is 11.6 Å². The number of methoxy groups -OCH3 is 2. The fraction of sp³-hybridized carbons (Fsp3) is 0.273. The second-order valence-electron chi connectivity index (χ2n) is 3.38. The van der Waals surface area contributed by atoms with Gasteiger partial charge in [0.05, 0.1) is 14.2 Å². The van der Waals surface area contributed by atoms with E-state index in [0.29, 0.717) is 17.1 Å². The molecule has 2 rings (SSSR count). The standard InChI is InChI=1S/C11H11NO4S/c1-14-6-3-4-7(8(5-6)15-2)9-10(13)12-11(17)16-9/h3-5,9H,1-2H3,(H,12,13,17). The third kappa shape index (κ3) is 2.16. The van der Waals surface area contributed by atoms with Gasteiger partial charge in [-0.2, -0.15) is 0 Å². The summed E-state index contributed by atoms with van der Waals surface area (Å²) < 4.78 is 15.5. The minimum atomic E-state index is -0.761. The molecule has 1 aliphatic rings. The quantitative estimate of drug-likeness (QED) is 0.820. The van der Waals surface area contributed by atoms with Crippen LogP contribution in [0.3, 0.4) is 0 Å². The molecule has 0 aromatic heterocycles. The van der Waals surface area contributed by atoms with Gasteiger partial charge in [-0.3, -0.25) is 10.1 Å². The zero-order valence-electron chi connectivity index (χ0n) is 9.35. The molecule has 1 aliphatic heterocycles. The molecule has 0 saturated carbocycles. The van der Waals surface area contributed by atoms with Crippen LogP contribution >= 0.6 is 12.2 Å². The summed E-state index contributed by atoms with van der Waals surface area (Å²) >= 11 is 4.78. The number of rotatable bonds is 3. The maximum Gasteiger partial charge on any atom is 0.273 e. The van der Waals surface area contributed by atoms with Crippen LogP contribution in [0, 0.1) is 0 Å². The largest absolute Gasteiger partial charge is 0.497 e. The highest BCUT2D eigenvalue weighted by Crippen LogP contribution is 2.33. The second kappa shape index (κ2) is 4.58. The molecule has 1 unspecified atom stereocenters. The first-order valence-electron chi connectivity index (χ1n) is 4.89. The third-order valence-corrected chi connectivity index (χ3v) is 2.61. The number of nitrogens with one attached hydrogen (secondary N) is 1. The highest BCUT2D eigenvalue weighted by Gasteiger charge is 2.33. The first kappa shape index (κ1) is 11.7. The van der Waals surface area contributed by atoms with Crippen molar-refractivity contribution in [2.24, 2.45) is 0 Å². The summed E-state index contributed by atoms with van der Waals surface area (Å²) in [7, 11) is 3.08. The van der Waals surface area contributed by atoms with E-state index in [2.05, 4.69) is 5.32 Å². The molecule has 0 radical (unpaired) electrons. The lowest BCUT2D eigenvalue weighted by atomic mass is 10.1. The number of hydrogen-bond acceptors (Lipinski definition) is 5. The van der Waals surface area contributed by atoms with Gasteiger partial charge in [-0.15, -0.1) is 0 Å². The summed E-state index contributed by atoms with van der Waals surface area (Å²) in [5.41, 5.74) is 0.616. The molecule has 5 nitrogen and oxygen atoms in total.